The second-order valence-corrected chi connectivity index (χ2v) is 8.38. The molecule has 0 aliphatic carbocycles. The van der Waals surface area contributed by atoms with Gasteiger partial charge in [-0.05, 0) is 31.3 Å². The first kappa shape index (κ1) is 30.5. The molecule has 0 rings (SSSR count). The summed E-state index contributed by atoms with van der Waals surface area (Å²) in [7, 11) is 0. The van der Waals surface area contributed by atoms with Gasteiger partial charge in [-0.2, -0.15) is 24.4 Å². The van der Waals surface area contributed by atoms with Crippen molar-refractivity contribution in [3.8, 4) is 0 Å². The molecule has 0 saturated carbocycles. The second kappa shape index (κ2) is 16.1. The topological polar surface area (TPSA) is 231 Å². The van der Waals surface area contributed by atoms with Crippen molar-refractivity contribution in [2.24, 2.45) is 11.5 Å². The van der Waals surface area contributed by atoms with E-state index in [9.17, 15) is 33.9 Å². The van der Waals surface area contributed by atoms with Crippen molar-refractivity contribution in [1.29, 1.82) is 0 Å². The van der Waals surface area contributed by atoms with Crippen LogP contribution in [0.5, 0.6) is 0 Å². The van der Waals surface area contributed by atoms with Crippen LogP contribution in [-0.2, 0) is 28.8 Å². The van der Waals surface area contributed by atoms with Gasteiger partial charge in [-0.1, -0.05) is 0 Å². The summed E-state index contributed by atoms with van der Waals surface area (Å²) < 4.78 is 0. The van der Waals surface area contributed by atoms with Gasteiger partial charge < -0.3 is 37.6 Å². The number of primary amides is 1. The number of nitrogens with two attached hydrogens (primary N) is 2. The third-order valence-corrected chi connectivity index (χ3v) is 5.37. The molecule has 13 nitrogen and oxygen atoms in total. The maximum absolute atomic E-state index is 12.6. The zero-order valence-corrected chi connectivity index (χ0v) is 19.8. The van der Waals surface area contributed by atoms with Crippen molar-refractivity contribution in [1.82, 2.24) is 16.0 Å². The molecule has 0 saturated heterocycles. The molecular formula is C18H31N5O8S2. The van der Waals surface area contributed by atoms with Crippen molar-refractivity contribution in [2.75, 3.05) is 17.8 Å². The van der Waals surface area contributed by atoms with Crippen LogP contribution < -0.4 is 27.4 Å². The SMILES string of the molecule is CSCCC(NC(=O)C(CCC(N)=O)NC(=O)C(CS)NC(=O)C(N)CCC(=O)O)C(=O)O. The van der Waals surface area contributed by atoms with E-state index in [1.807, 2.05) is 0 Å². The van der Waals surface area contributed by atoms with Gasteiger partial charge in [0.2, 0.25) is 23.6 Å². The minimum absolute atomic E-state index is 0.141. The van der Waals surface area contributed by atoms with Crippen molar-refractivity contribution in [3.05, 3.63) is 0 Å². The molecule has 4 unspecified atom stereocenters. The summed E-state index contributed by atoms with van der Waals surface area (Å²) >= 11 is 5.39. The number of carbonyl (C=O) groups excluding carboxylic acids is 4. The molecule has 0 aromatic rings. The normalized spacial score (nSPS) is 14.3. The molecule has 0 aromatic heterocycles. The highest BCUT2D eigenvalue weighted by Gasteiger charge is 2.30. The smallest absolute Gasteiger partial charge is 0.326 e. The number of nitrogens with one attached hydrogen (secondary N) is 3. The van der Waals surface area contributed by atoms with Crippen LogP contribution in [0.1, 0.15) is 32.1 Å². The summed E-state index contributed by atoms with van der Waals surface area (Å²) in [6, 6.07) is -4.92. The number of aliphatic carboxylic acids is 2. The number of rotatable bonds is 17. The van der Waals surface area contributed by atoms with Gasteiger partial charge in [0.1, 0.15) is 18.1 Å². The van der Waals surface area contributed by atoms with Gasteiger partial charge in [-0.15, -0.1) is 0 Å². The van der Waals surface area contributed by atoms with Crippen molar-refractivity contribution < 1.29 is 39.0 Å². The molecule has 0 aliphatic heterocycles. The monoisotopic (exact) mass is 509 g/mol. The highest BCUT2D eigenvalue weighted by atomic mass is 32.2. The number of carboxylic acid groups (broad SMARTS) is 2. The molecule has 0 heterocycles. The third-order valence-electron chi connectivity index (χ3n) is 4.36. The number of carbonyl (C=O) groups is 6. The molecule has 0 aliphatic rings. The Morgan fingerprint density at radius 1 is 0.848 bits per heavy atom. The Kier molecular flexibility index (Phi) is 14.9. The average Bonchev–Trinajstić information content (AvgIpc) is 2.74. The molecule has 33 heavy (non-hydrogen) atoms. The van der Waals surface area contributed by atoms with Gasteiger partial charge in [0, 0.05) is 18.6 Å². The molecule has 4 amide bonds. The largest absolute Gasteiger partial charge is 0.481 e. The van der Waals surface area contributed by atoms with E-state index in [1.165, 1.54) is 11.8 Å². The number of thiol groups is 1. The van der Waals surface area contributed by atoms with Gasteiger partial charge in [0.25, 0.3) is 0 Å². The molecule has 9 N–H and O–H groups in total. The van der Waals surface area contributed by atoms with Crippen LogP contribution in [0.3, 0.4) is 0 Å². The van der Waals surface area contributed by atoms with E-state index >= 15 is 0 Å². The van der Waals surface area contributed by atoms with Gasteiger partial charge in [0.15, 0.2) is 0 Å². The van der Waals surface area contributed by atoms with Crippen LogP contribution in [0, 0.1) is 0 Å². The number of carboxylic acids is 2. The number of hydrogen-bond donors (Lipinski definition) is 8. The third kappa shape index (κ3) is 12.9. The summed E-state index contributed by atoms with van der Waals surface area (Å²) in [5.41, 5.74) is 10.7. The molecule has 4 atom stereocenters. The van der Waals surface area contributed by atoms with Crippen molar-refractivity contribution >= 4 is 60.0 Å². The second-order valence-electron chi connectivity index (χ2n) is 7.03. The van der Waals surface area contributed by atoms with E-state index in [1.54, 1.807) is 6.26 Å². The summed E-state index contributed by atoms with van der Waals surface area (Å²) in [6.07, 6.45) is 0.950. The van der Waals surface area contributed by atoms with Gasteiger partial charge in [-0.3, -0.25) is 24.0 Å². The Balaban J connectivity index is 5.26. The molecule has 188 valence electrons. The Hall–Kier alpha value is -2.52. The first-order valence-electron chi connectivity index (χ1n) is 9.92. The molecule has 0 spiro atoms. The Labute approximate surface area is 200 Å². The van der Waals surface area contributed by atoms with E-state index in [0.29, 0.717) is 5.75 Å². The van der Waals surface area contributed by atoms with Crippen LogP contribution in [0.4, 0.5) is 0 Å². The molecule has 0 bridgehead atoms. The van der Waals surface area contributed by atoms with Crippen LogP contribution >= 0.6 is 24.4 Å². The summed E-state index contributed by atoms with van der Waals surface area (Å²) in [4.78, 5) is 70.6. The van der Waals surface area contributed by atoms with Crippen LogP contribution in [0.25, 0.3) is 0 Å². The lowest BCUT2D eigenvalue weighted by Gasteiger charge is -2.24. The fourth-order valence-corrected chi connectivity index (χ4v) is 3.20. The van der Waals surface area contributed by atoms with E-state index in [4.69, 9.17) is 16.6 Å². The van der Waals surface area contributed by atoms with Crippen molar-refractivity contribution in [3.63, 3.8) is 0 Å². The minimum Gasteiger partial charge on any atom is -0.481 e. The fraction of sp³-hybridized carbons (Fsp3) is 0.667. The van der Waals surface area contributed by atoms with Crippen molar-refractivity contribution in [2.45, 2.75) is 56.3 Å². The zero-order valence-electron chi connectivity index (χ0n) is 18.1. The lowest BCUT2D eigenvalue weighted by molar-refractivity contribution is -0.142. The molecule has 0 aromatic carbocycles. The van der Waals surface area contributed by atoms with Crippen LogP contribution in [0.2, 0.25) is 0 Å². The van der Waals surface area contributed by atoms with E-state index in [2.05, 4.69) is 28.6 Å². The first-order chi connectivity index (χ1) is 15.4. The molecule has 15 heteroatoms. The zero-order chi connectivity index (χ0) is 25.6. The van der Waals surface area contributed by atoms with E-state index in [0.717, 1.165) is 0 Å². The van der Waals surface area contributed by atoms with Crippen LogP contribution in [-0.4, -0.2) is 87.7 Å². The lowest BCUT2D eigenvalue weighted by atomic mass is 10.1. The van der Waals surface area contributed by atoms with Gasteiger partial charge >= 0.3 is 11.9 Å². The summed E-state index contributed by atoms with van der Waals surface area (Å²) in [6.45, 7) is 0. The highest BCUT2D eigenvalue weighted by molar-refractivity contribution is 7.98. The quantitative estimate of drug-likeness (QED) is 0.0974. The maximum Gasteiger partial charge on any atom is 0.326 e. The molecular weight excluding hydrogens is 478 g/mol. The molecule has 0 fully saturated rings. The first-order valence-corrected chi connectivity index (χ1v) is 11.9. The fourth-order valence-electron chi connectivity index (χ4n) is 2.48. The number of thioether (sulfide) groups is 1. The lowest BCUT2D eigenvalue weighted by Crippen LogP contribution is -2.57. The van der Waals surface area contributed by atoms with Crippen LogP contribution in [0.15, 0.2) is 0 Å². The number of amides is 4. The van der Waals surface area contributed by atoms with Gasteiger partial charge in [-0.25, -0.2) is 4.79 Å². The minimum atomic E-state index is -1.30. The van der Waals surface area contributed by atoms with E-state index < -0.39 is 59.7 Å². The predicted octanol–water partition coefficient (Wildman–Crippen LogP) is -2.33. The highest BCUT2D eigenvalue weighted by Crippen LogP contribution is 2.05. The standard InChI is InChI=1S/C18H31N5O8S2/c1-33-7-6-11(18(30)31)22-16(28)10(3-4-13(20)24)21-17(29)12(8-32)23-15(27)9(19)2-5-14(25)26/h9-12,32H,2-8,19H2,1H3,(H2,20,24)(H,21,29)(H,22,28)(H,23,27)(H,25,26)(H,30,31). The maximum atomic E-state index is 12.6. The Morgan fingerprint density at radius 2 is 1.39 bits per heavy atom. The Morgan fingerprint density at radius 3 is 1.88 bits per heavy atom. The average molecular weight is 510 g/mol. The van der Waals surface area contributed by atoms with Gasteiger partial charge in [0.05, 0.1) is 6.04 Å². The van der Waals surface area contributed by atoms with E-state index in [-0.39, 0.29) is 37.9 Å². The summed E-state index contributed by atoms with van der Waals surface area (Å²) in [5, 5.41) is 25.0. The predicted molar refractivity (Wildman–Crippen MR) is 124 cm³/mol. The Bertz CT molecular complexity index is 724. The summed E-state index contributed by atoms with van der Waals surface area (Å²) in [5.74, 6) is -5.29. The number of hydrogen-bond acceptors (Lipinski definition) is 9. The molecule has 0 radical (unpaired) electrons.